The van der Waals surface area contributed by atoms with Crippen LogP contribution in [0.2, 0.25) is 0 Å². The van der Waals surface area contributed by atoms with Crippen molar-refractivity contribution in [3.63, 3.8) is 0 Å². The molecule has 0 aliphatic carbocycles. The van der Waals surface area contributed by atoms with Crippen LogP contribution in [0, 0.1) is 13.8 Å². The highest BCUT2D eigenvalue weighted by molar-refractivity contribution is 7.99. The maximum atomic E-state index is 12.7. The normalized spacial score (nSPS) is 14.3. The zero-order valence-corrected chi connectivity index (χ0v) is 17.5. The second kappa shape index (κ2) is 8.65. The second-order valence-electron chi connectivity index (χ2n) is 7.11. The van der Waals surface area contributed by atoms with Crippen molar-refractivity contribution in [2.45, 2.75) is 19.0 Å². The lowest BCUT2D eigenvalue weighted by atomic mass is 10.1. The van der Waals surface area contributed by atoms with Gasteiger partial charge in [-0.1, -0.05) is 48.2 Å². The van der Waals surface area contributed by atoms with Crippen LogP contribution in [-0.4, -0.2) is 62.9 Å². The third-order valence-electron chi connectivity index (χ3n) is 5.17. The van der Waals surface area contributed by atoms with E-state index >= 15 is 0 Å². The van der Waals surface area contributed by atoms with E-state index in [0.29, 0.717) is 10.9 Å². The van der Waals surface area contributed by atoms with Crippen LogP contribution in [0.15, 0.2) is 53.7 Å². The number of carbonyl (C=O) groups is 1. The molecule has 7 nitrogen and oxygen atoms in total. The fourth-order valence-corrected chi connectivity index (χ4v) is 4.40. The van der Waals surface area contributed by atoms with Crippen LogP contribution in [0.1, 0.15) is 11.1 Å². The van der Waals surface area contributed by atoms with Crippen LogP contribution >= 0.6 is 11.8 Å². The Morgan fingerprint density at radius 2 is 1.66 bits per heavy atom. The molecule has 29 heavy (non-hydrogen) atoms. The van der Waals surface area contributed by atoms with E-state index in [0.717, 1.165) is 43.0 Å². The molecule has 0 radical (unpaired) electrons. The van der Waals surface area contributed by atoms with Gasteiger partial charge < -0.3 is 9.80 Å². The summed E-state index contributed by atoms with van der Waals surface area (Å²) in [6.07, 6.45) is 0. The van der Waals surface area contributed by atoms with E-state index in [1.807, 2.05) is 55.1 Å². The Morgan fingerprint density at radius 3 is 2.34 bits per heavy atom. The van der Waals surface area contributed by atoms with Crippen LogP contribution in [0.5, 0.6) is 0 Å². The van der Waals surface area contributed by atoms with Crippen molar-refractivity contribution in [2.75, 3.05) is 36.8 Å². The minimum absolute atomic E-state index is 0.124. The molecule has 0 saturated carbocycles. The summed E-state index contributed by atoms with van der Waals surface area (Å²) in [6, 6.07) is 16.4. The monoisotopic (exact) mass is 408 g/mol. The molecule has 1 aliphatic rings. The molecule has 4 rings (SSSR count). The van der Waals surface area contributed by atoms with Gasteiger partial charge in [-0.3, -0.25) is 4.79 Å². The third kappa shape index (κ3) is 4.27. The number of piperazine rings is 1. The summed E-state index contributed by atoms with van der Waals surface area (Å²) < 4.78 is 1.73. The third-order valence-corrected chi connectivity index (χ3v) is 6.07. The van der Waals surface area contributed by atoms with Crippen LogP contribution in [0.25, 0.3) is 5.69 Å². The summed E-state index contributed by atoms with van der Waals surface area (Å²) in [5.41, 5.74) is 4.38. The molecular weight excluding hydrogens is 384 g/mol. The number of rotatable bonds is 5. The molecule has 1 fully saturated rings. The lowest BCUT2D eigenvalue weighted by molar-refractivity contribution is -0.128. The smallest absolute Gasteiger partial charge is 0.233 e. The van der Waals surface area contributed by atoms with Gasteiger partial charge in [-0.15, -0.1) is 5.10 Å². The molecule has 8 heteroatoms. The molecule has 150 valence electrons. The molecule has 0 spiro atoms. The first kappa shape index (κ1) is 19.4. The summed E-state index contributed by atoms with van der Waals surface area (Å²) in [6.45, 7) is 7.24. The zero-order valence-electron chi connectivity index (χ0n) is 16.7. The predicted molar refractivity (Wildman–Crippen MR) is 115 cm³/mol. The van der Waals surface area contributed by atoms with Gasteiger partial charge in [0.1, 0.15) is 0 Å². The van der Waals surface area contributed by atoms with E-state index in [-0.39, 0.29) is 5.91 Å². The average molecular weight is 409 g/mol. The maximum absolute atomic E-state index is 12.7. The minimum atomic E-state index is 0.124. The van der Waals surface area contributed by atoms with Crippen molar-refractivity contribution in [1.29, 1.82) is 0 Å². The van der Waals surface area contributed by atoms with Crippen molar-refractivity contribution < 1.29 is 4.79 Å². The maximum Gasteiger partial charge on any atom is 0.233 e. The number of aromatic nitrogens is 4. The molecular formula is C21H24N6OS. The summed E-state index contributed by atoms with van der Waals surface area (Å²) in [5, 5.41) is 12.7. The highest BCUT2D eigenvalue weighted by atomic mass is 32.2. The first-order valence-corrected chi connectivity index (χ1v) is 10.7. The SMILES string of the molecule is Cc1cccc(C)c1-n1nnnc1SCC(=O)N1CCN(c2ccccc2)CC1. The van der Waals surface area contributed by atoms with Gasteiger partial charge in [0.25, 0.3) is 0 Å². The lowest BCUT2D eigenvalue weighted by Gasteiger charge is -2.36. The van der Waals surface area contributed by atoms with E-state index in [1.165, 1.54) is 17.4 Å². The fraction of sp³-hybridized carbons (Fsp3) is 0.333. The number of thioether (sulfide) groups is 1. The summed E-state index contributed by atoms with van der Waals surface area (Å²) in [4.78, 5) is 17.0. The Bertz CT molecular complexity index is 962. The molecule has 1 amide bonds. The van der Waals surface area contributed by atoms with Crippen molar-refractivity contribution in [2.24, 2.45) is 0 Å². The van der Waals surface area contributed by atoms with Gasteiger partial charge in [0.2, 0.25) is 11.1 Å². The van der Waals surface area contributed by atoms with E-state index < -0.39 is 0 Å². The number of tetrazole rings is 1. The van der Waals surface area contributed by atoms with E-state index in [9.17, 15) is 4.79 Å². The Balaban J connectivity index is 1.36. The van der Waals surface area contributed by atoms with Crippen molar-refractivity contribution in [3.05, 3.63) is 59.7 Å². The van der Waals surface area contributed by atoms with Gasteiger partial charge in [0.15, 0.2) is 0 Å². The van der Waals surface area contributed by atoms with E-state index in [1.54, 1.807) is 4.68 Å². The second-order valence-corrected chi connectivity index (χ2v) is 8.05. The molecule has 2 heterocycles. The molecule has 2 aromatic carbocycles. The first-order valence-electron chi connectivity index (χ1n) is 9.69. The number of hydrogen-bond donors (Lipinski definition) is 0. The molecule has 0 bridgehead atoms. The van der Waals surface area contributed by atoms with Crippen LogP contribution < -0.4 is 4.90 Å². The zero-order chi connectivity index (χ0) is 20.2. The summed E-state index contributed by atoms with van der Waals surface area (Å²) in [5.74, 6) is 0.454. The van der Waals surface area contributed by atoms with Crippen molar-refractivity contribution >= 4 is 23.4 Å². The molecule has 1 saturated heterocycles. The Kier molecular flexibility index (Phi) is 5.80. The molecule has 1 aromatic heterocycles. The van der Waals surface area contributed by atoms with Crippen molar-refractivity contribution in [1.82, 2.24) is 25.1 Å². The molecule has 3 aromatic rings. The number of hydrogen-bond acceptors (Lipinski definition) is 6. The largest absolute Gasteiger partial charge is 0.368 e. The van der Waals surface area contributed by atoms with Gasteiger partial charge in [-0.25, -0.2) is 0 Å². The van der Waals surface area contributed by atoms with Crippen LogP contribution in [-0.2, 0) is 4.79 Å². The average Bonchev–Trinajstić information content (AvgIpc) is 3.21. The Morgan fingerprint density at radius 1 is 0.966 bits per heavy atom. The Hall–Kier alpha value is -2.87. The van der Waals surface area contributed by atoms with Gasteiger partial charge >= 0.3 is 0 Å². The number of benzene rings is 2. The molecule has 0 atom stereocenters. The highest BCUT2D eigenvalue weighted by Crippen LogP contribution is 2.24. The number of amides is 1. The highest BCUT2D eigenvalue weighted by Gasteiger charge is 2.22. The number of anilines is 1. The first-order chi connectivity index (χ1) is 14.1. The number of nitrogens with zero attached hydrogens (tertiary/aromatic N) is 6. The lowest BCUT2D eigenvalue weighted by Crippen LogP contribution is -2.49. The standard InChI is InChI=1S/C21H24N6OS/c1-16-7-6-8-17(2)20(16)27-21(22-23-24-27)29-15-19(28)26-13-11-25(12-14-26)18-9-4-3-5-10-18/h3-10H,11-15H2,1-2H3. The quantitative estimate of drug-likeness (QED) is 0.605. The molecule has 0 N–H and O–H groups in total. The van der Waals surface area contributed by atoms with Gasteiger partial charge in [-0.05, 0) is 47.5 Å². The van der Waals surface area contributed by atoms with Gasteiger partial charge in [0, 0.05) is 31.9 Å². The van der Waals surface area contributed by atoms with Crippen LogP contribution in [0.4, 0.5) is 5.69 Å². The van der Waals surface area contributed by atoms with Gasteiger partial charge in [-0.2, -0.15) is 4.68 Å². The number of para-hydroxylation sites is 2. The van der Waals surface area contributed by atoms with E-state index in [4.69, 9.17) is 0 Å². The van der Waals surface area contributed by atoms with Gasteiger partial charge in [0.05, 0.1) is 11.4 Å². The summed E-state index contributed by atoms with van der Waals surface area (Å²) in [7, 11) is 0. The number of carbonyl (C=O) groups excluding carboxylic acids is 1. The topological polar surface area (TPSA) is 67.2 Å². The number of aryl methyl sites for hydroxylation is 2. The molecule has 0 unspecified atom stereocenters. The van der Waals surface area contributed by atoms with Crippen molar-refractivity contribution in [3.8, 4) is 5.69 Å². The minimum Gasteiger partial charge on any atom is -0.368 e. The predicted octanol–water partition coefficient (Wildman–Crippen LogP) is 2.72. The summed E-state index contributed by atoms with van der Waals surface area (Å²) >= 11 is 1.39. The van der Waals surface area contributed by atoms with E-state index in [2.05, 4.69) is 32.6 Å². The Labute approximate surface area is 174 Å². The fourth-order valence-electron chi connectivity index (χ4n) is 3.62. The molecule has 1 aliphatic heterocycles. The van der Waals surface area contributed by atoms with Crippen LogP contribution in [0.3, 0.4) is 0 Å².